The van der Waals surface area contributed by atoms with Crippen LogP contribution >= 0.6 is 0 Å². The number of aryl methyl sites for hydroxylation is 1. The monoisotopic (exact) mass is 352 g/mol. The number of rotatable bonds is 4. The lowest BCUT2D eigenvalue weighted by Gasteiger charge is -2.35. The van der Waals surface area contributed by atoms with E-state index >= 15 is 0 Å². The maximum Gasteiger partial charge on any atom is 0.246 e. The Morgan fingerprint density at radius 2 is 1.75 bits per heavy atom. The van der Waals surface area contributed by atoms with Crippen LogP contribution in [0.2, 0.25) is 0 Å². The minimum atomic E-state index is -3.53. The van der Waals surface area contributed by atoms with Gasteiger partial charge in [0.2, 0.25) is 10.0 Å². The summed E-state index contributed by atoms with van der Waals surface area (Å²) < 4.78 is 41.9. The molecule has 0 aliphatic carbocycles. The lowest BCUT2D eigenvalue weighted by molar-refractivity contribution is 0.384. The molecular weight excluding hydrogens is 331 g/mol. The summed E-state index contributed by atoms with van der Waals surface area (Å²) in [4.78, 5) is 2.34. The lowest BCUT2D eigenvalue weighted by Crippen LogP contribution is -2.48. The fourth-order valence-electron chi connectivity index (χ4n) is 2.98. The number of benzene rings is 1. The molecule has 2 heterocycles. The standard InChI is InChI=1S/C16H21FN4O2S/c1-3-21-13(2)16(12-18-21)24(22,23)20-10-8-19(9-11-20)15-6-4-14(17)5-7-15/h4-7,12H,3,8-11H2,1-2H3. The van der Waals surface area contributed by atoms with Crippen LogP contribution in [0.4, 0.5) is 10.1 Å². The zero-order chi connectivity index (χ0) is 17.3. The third-order valence-corrected chi connectivity index (χ3v) is 6.41. The van der Waals surface area contributed by atoms with Crippen molar-refractivity contribution in [2.45, 2.75) is 25.3 Å². The van der Waals surface area contributed by atoms with Gasteiger partial charge >= 0.3 is 0 Å². The van der Waals surface area contributed by atoms with Gasteiger partial charge in [0, 0.05) is 38.4 Å². The summed E-state index contributed by atoms with van der Waals surface area (Å²) in [6.45, 7) is 6.29. The summed E-state index contributed by atoms with van der Waals surface area (Å²) >= 11 is 0. The zero-order valence-corrected chi connectivity index (χ0v) is 14.6. The maximum absolute atomic E-state index is 13.0. The fourth-order valence-corrected chi connectivity index (χ4v) is 4.56. The Morgan fingerprint density at radius 1 is 1.12 bits per heavy atom. The van der Waals surface area contributed by atoms with E-state index in [0.717, 1.165) is 5.69 Å². The van der Waals surface area contributed by atoms with Crippen LogP contribution in [0.25, 0.3) is 0 Å². The number of halogens is 1. The molecule has 1 aromatic carbocycles. The number of hydrogen-bond acceptors (Lipinski definition) is 4. The van der Waals surface area contributed by atoms with Gasteiger partial charge in [-0.3, -0.25) is 4.68 Å². The van der Waals surface area contributed by atoms with Crippen molar-refractivity contribution >= 4 is 15.7 Å². The minimum Gasteiger partial charge on any atom is -0.369 e. The van der Waals surface area contributed by atoms with Crippen molar-refractivity contribution in [3.05, 3.63) is 42.0 Å². The van der Waals surface area contributed by atoms with Gasteiger partial charge in [0.15, 0.2) is 0 Å². The summed E-state index contributed by atoms with van der Waals surface area (Å²) in [5, 5.41) is 4.13. The Labute approximate surface area is 141 Å². The van der Waals surface area contributed by atoms with Crippen LogP contribution in [-0.2, 0) is 16.6 Å². The van der Waals surface area contributed by atoms with Gasteiger partial charge in [-0.05, 0) is 38.1 Å². The van der Waals surface area contributed by atoms with Gasteiger partial charge < -0.3 is 4.90 Å². The quantitative estimate of drug-likeness (QED) is 0.843. The largest absolute Gasteiger partial charge is 0.369 e. The molecule has 1 aliphatic rings. The van der Waals surface area contributed by atoms with E-state index in [-0.39, 0.29) is 10.7 Å². The molecule has 1 aliphatic heterocycles. The number of nitrogens with zero attached hydrogens (tertiary/aromatic N) is 4. The molecule has 0 spiro atoms. The van der Waals surface area contributed by atoms with Gasteiger partial charge in [0.05, 0.1) is 11.9 Å². The SMILES string of the molecule is CCn1ncc(S(=O)(=O)N2CCN(c3ccc(F)cc3)CC2)c1C. The van der Waals surface area contributed by atoms with Gasteiger partial charge in [-0.15, -0.1) is 0 Å². The van der Waals surface area contributed by atoms with Gasteiger partial charge in [-0.1, -0.05) is 0 Å². The number of sulfonamides is 1. The topological polar surface area (TPSA) is 58.4 Å². The van der Waals surface area contributed by atoms with E-state index < -0.39 is 10.0 Å². The van der Waals surface area contributed by atoms with E-state index in [9.17, 15) is 12.8 Å². The molecule has 1 fully saturated rings. The Morgan fingerprint density at radius 3 is 2.29 bits per heavy atom. The molecule has 0 atom stereocenters. The molecule has 2 aromatic rings. The van der Waals surface area contributed by atoms with Crippen LogP contribution in [0.3, 0.4) is 0 Å². The van der Waals surface area contributed by atoms with E-state index in [2.05, 4.69) is 10.00 Å². The van der Waals surface area contributed by atoms with Crippen LogP contribution in [-0.4, -0.2) is 48.7 Å². The van der Waals surface area contributed by atoms with Crippen LogP contribution in [0.15, 0.2) is 35.4 Å². The van der Waals surface area contributed by atoms with Crippen LogP contribution in [0, 0.1) is 12.7 Å². The predicted octanol–water partition coefficient (Wildman–Crippen LogP) is 1.86. The second-order valence-corrected chi connectivity index (χ2v) is 7.68. The van der Waals surface area contributed by atoms with Crippen molar-refractivity contribution in [2.24, 2.45) is 0 Å². The van der Waals surface area contributed by atoms with Crippen molar-refractivity contribution in [3.63, 3.8) is 0 Å². The normalized spacial score (nSPS) is 16.5. The van der Waals surface area contributed by atoms with E-state index in [1.54, 1.807) is 23.7 Å². The van der Waals surface area contributed by atoms with Crippen molar-refractivity contribution < 1.29 is 12.8 Å². The van der Waals surface area contributed by atoms with Crippen molar-refractivity contribution in [1.82, 2.24) is 14.1 Å². The first kappa shape index (κ1) is 16.9. The summed E-state index contributed by atoms with van der Waals surface area (Å²) in [6, 6.07) is 6.27. The van der Waals surface area contributed by atoms with Gasteiger partial charge in [0.25, 0.3) is 0 Å². The second kappa shape index (κ2) is 6.52. The van der Waals surface area contributed by atoms with E-state index in [0.29, 0.717) is 38.4 Å². The molecule has 0 unspecified atom stereocenters. The summed E-state index contributed by atoms with van der Waals surface area (Å²) in [5.74, 6) is -0.275. The van der Waals surface area contributed by atoms with Crippen LogP contribution in [0.1, 0.15) is 12.6 Å². The Hall–Kier alpha value is -1.93. The first-order valence-corrected chi connectivity index (χ1v) is 9.40. The van der Waals surface area contributed by atoms with Gasteiger partial charge in [-0.25, -0.2) is 12.8 Å². The summed E-state index contributed by atoms with van der Waals surface area (Å²) in [7, 11) is -3.53. The highest BCUT2D eigenvalue weighted by Crippen LogP contribution is 2.23. The van der Waals surface area contributed by atoms with Crippen molar-refractivity contribution in [3.8, 4) is 0 Å². The van der Waals surface area contributed by atoms with E-state index in [1.807, 2.05) is 6.92 Å². The molecule has 130 valence electrons. The van der Waals surface area contributed by atoms with Crippen LogP contribution < -0.4 is 4.90 Å². The van der Waals surface area contributed by atoms with Crippen molar-refractivity contribution in [1.29, 1.82) is 0 Å². The highest BCUT2D eigenvalue weighted by Gasteiger charge is 2.31. The summed E-state index contributed by atoms with van der Waals surface area (Å²) in [5.41, 5.74) is 1.57. The maximum atomic E-state index is 13.0. The zero-order valence-electron chi connectivity index (χ0n) is 13.8. The van der Waals surface area contributed by atoms with Gasteiger partial charge in [-0.2, -0.15) is 9.40 Å². The molecule has 8 heteroatoms. The lowest BCUT2D eigenvalue weighted by atomic mass is 10.2. The first-order valence-electron chi connectivity index (χ1n) is 7.96. The molecule has 0 bridgehead atoms. The van der Waals surface area contributed by atoms with Gasteiger partial charge in [0.1, 0.15) is 10.7 Å². The highest BCUT2D eigenvalue weighted by atomic mass is 32.2. The molecule has 24 heavy (non-hydrogen) atoms. The average molecular weight is 352 g/mol. The smallest absolute Gasteiger partial charge is 0.246 e. The predicted molar refractivity (Wildman–Crippen MR) is 90.0 cm³/mol. The van der Waals surface area contributed by atoms with Crippen molar-refractivity contribution in [2.75, 3.05) is 31.1 Å². The molecular formula is C16H21FN4O2S. The molecule has 0 amide bonds. The second-order valence-electron chi connectivity index (χ2n) is 5.78. The molecule has 1 saturated heterocycles. The highest BCUT2D eigenvalue weighted by molar-refractivity contribution is 7.89. The molecule has 1 aromatic heterocycles. The summed E-state index contributed by atoms with van der Waals surface area (Å²) in [6.07, 6.45) is 1.43. The Balaban J connectivity index is 1.73. The third kappa shape index (κ3) is 3.03. The van der Waals surface area contributed by atoms with E-state index in [4.69, 9.17) is 0 Å². The molecule has 0 N–H and O–H groups in total. The fraction of sp³-hybridized carbons (Fsp3) is 0.438. The average Bonchev–Trinajstić information content (AvgIpc) is 2.97. The van der Waals surface area contributed by atoms with Crippen LogP contribution in [0.5, 0.6) is 0 Å². The number of anilines is 1. The minimum absolute atomic E-state index is 0.275. The first-order chi connectivity index (χ1) is 11.4. The molecule has 0 saturated carbocycles. The number of hydrogen-bond donors (Lipinski definition) is 0. The number of aromatic nitrogens is 2. The molecule has 6 nitrogen and oxygen atoms in total. The Kier molecular flexibility index (Phi) is 4.60. The Bertz CT molecular complexity index is 809. The molecule has 3 rings (SSSR count). The number of piperazine rings is 1. The third-order valence-electron chi connectivity index (χ3n) is 4.41. The van der Waals surface area contributed by atoms with E-state index in [1.165, 1.54) is 22.6 Å². The molecule has 0 radical (unpaired) electrons.